The second kappa shape index (κ2) is 27.7. The van der Waals surface area contributed by atoms with E-state index in [4.69, 9.17) is 9.47 Å². The number of methoxy groups -OCH3 is 2. The number of nitrogens with zero attached hydrogens (tertiary/aromatic N) is 3. The molecule has 3 saturated heterocycles. The van der Waals surface area contributed by atoms with E-state index in [2.05, 4.69) is 128 Å². The zero-order valence-electron chi connectivity index (χ0n) is 42.7. The molecule has 3 aliphatic heterocycles. The zero-order valence-corrected chi connectivity index (χ0v) is 45.9. The molecule has 0 amide bonds. The molecule has 0 spiro atoms. The molecule has 0 aromatic heterocycles. The molecular formula is C47H90KN3O10. The Hall–Kier alpha value is -0.684. The molecule has 0 aromatic rings. The van der Waals surface area contributed by atoms with Gasteiger partial charge in [-0.2, -0.15) is 0 Å². The minimum absolute atomic E-state index is 0. The van der Waals surface area contributed by atoms with Gasteiger partial charge >= 0.3 is 75.3 Å². The van der Waals surface area contributed by atoms with E-state index in [1.165, 1.54) is 14.2 Å². The normalized spacial score (nSPS) is 26.2. The number of hydrogen-bond donors (Lipinski definition) is 1. The van der Waals surface area contributed by atoms with Crippen LogP contribution in [-0.2, 0) is 38.1 Å². The van der Waals surface area contributed by atoms with Gasteiger partial charge in [0.05, 0.1) is 46.0 Å². The van der Waals surface area contributed by atoms with Crippen LogP contribution in [0.3, 0.4) is 0 Å². The van der Waals surface area contributed by atoms with Gasteiger partial charge in [-0.1, -0.05) is 62.3 Å². The first-order chi connectivity index (χ1) is 27.2. The maximum absolute atomic E-state index is 12.5. The van der Waals surface area contributed by atoms with E-state index >= 15 is 0 Å². The van der Waals surface area contributed by atoms with Gasteiger partial charge in [-0.25, -0.2) is 0 Å². The molecule has 0 aliphatic carbocycles. The summed E-state index contributed by atoms with van der Waals surface area (Å²) >= 11 is 0. The van der Waals surface area contributed by atoms with E-state index in [-0.39, 0.29) is 124 Å². The number of hydrogen-bond acceptors (Lipinski definition) is 13. The first-order valence-corrected chi connectivity index (χ1v) is 22.3. The van der Waals surface area contributed by atoms with E-state index in [0.29, 0.717) is 35.9 Å². The average Bonchev–Trinajstić information content (AvgIpc) is 3.09. The Morgan fingerprint density at radius 1 is 0.574 bits per heavy atom. The van der Waals surface area contributed by atoms with Crippen molar-refractivity contribution in [3.63, 3.8) is 0 Å². The van der Waals surface area contributed by atoms with Gasteiger partial charge in [-0.3, -0.25) is 33.9 Å². The third kappa shape index (κ3) is 23.9. The van der Waals surface area contributed by atoms with Crippen LogP contribution in [0.1, 0.15) is 168 Å². The number of aliphatic hydroxyl groups excluding tert-OH is 1. The van der Waals surface area contributed by atoms with Crippen molar-refractivity contribution in [2.75, 3.05) is 35.4 Å². The molecule has 6 atom stereocenters. The molecule has 14 heteroatoms. The van der Waals surface area contributed by atoms with E-state index < -0.39 is 17.5 Å². The molecule has 354 valence electrons. The smallest absolute Gasteiger partial charge is 0.850 e. The molecule has 61 heavy (non-hydrogen) atoms. The molecule has 0 saturated carbocycles. The third-order valence-corrected chi connectivity index (χ3v) is 12.5. The van der Waals surface area contributed by atoms with Crippen molar-refractivity contribution in [3.8, 4) is 0 Å². The molecule has 0 bridgehead atoms. The number of rotatable bonds is 11. The second-order valence-corrected chi connectivity index (χ2v) is 21.2. The molecule has 3 fully saturated rings. The molecule has 13 nitrogen and oxygen atoms in total. The maximum atomic E-state index is 12.5. The van der Waals surface area contributed by atoms with E-state index in [1.807, 2.05) is 0 Å². The largest absolute Gasteiger partial charge is 1.00 e. The van der Waals surface area contributed by atoms with Crippen molar-refractivity contribution in [1.82, 2.24) is 14.7 Å². The van der Waals surface area contributed by atoms with E-state index in [9.17, 15) is 29.4 Å². The SMILES string of the molecule is CC(C)(C)[O-].CC(C)C1CC(O)CC(C)(C)N1C.CC(C)C1CC(OC(=O)CCC(=O)OC2CC(C(C)C)N(C)C(C)(C)C2)CC(C)(C)N1C.COC(=O)CCC(=O)OC.[K+]. The van der Waals surface area contributed by atoms with Crippen LogP contribution in [0, 0.1) is 17.8 Å². The first-order valence-electron chi connectivity index (χ1n) is 22.3. The van der Waals surface area contributed by atoms with Gasteiger partial charge < -0.3 is 29.2 Å². The van der Waals surface area contributed by atoms with Gasteiger partial charge in [0.2, 0.25) is 0 Å². The predicted octanol–water partition coefficient (Wildman–Crippen LogP) is 3.79. The fraction of sp³-hybridized carbons (Fsp3) is 0.915. The number of carbonyl (C=O) groups excluding carboxylic acids is 4. The Morgan fingerprint density at radius 2 is 0.820 bits per heavy atom. The number of aliphatic hydroxyl groups is 1. The third-order valence-electron chi connectivity index (χ3n) is 12.5. The van der Waals surface area contributed by atoms with Gasteiger partial charge in [-0.15, -0.1) is 5.60 Å². The van der Waals surface area contributed by atoms with Crippen LogP contribution in [0.15, 0.2) is 0 Å². The summed E-state index contributed by atoms with van der Waals surface area (Å²) in [6.07, 6.45) is 5.16. The molecule has 3 rings (SSSR count). The van der Waals surface area contributed by atoms with Gasteiger partial charge in [-0.05, 0) is 93.3 Å². The average molecular weight is 896 g/mol. The van der Waals surface area contributed by atoms with Crippen LogP contribution < -0.4 is 56.5 Å². The number of carbonyl (C=O) groups is 4. The Balaban J connectivity index is 0. The van der Waals surface area contributed by atoms with Gasteiger partial charge in [0.25, 0.3) is 0 Å². The van der Waals surface area contributed by atoms with Crippen molar-refractivity contribution in [2.45, 2.75) is 227 Å². The molecule has 3 heterocycles. The summed E-state index contributed by atoms with van der Waals surface area (Å²) in [5.74, 6) is 0.223. The molecule has 6 unspecified atom stereocenters. The number of piperidine rings is 3. The van der Waals surface area contributed by atoms with Crippen molar-refractivity contribution in [2.24, 2.45) is 17.8 Å². The van der Waals surface area contributed by atoms with E-state index in [1.54, 1.807) is 20.8 Å². The Kier molecular flexibility index (Phi) is 28.4. The number of likely N-dealkylation sites (tertiary alicyclic amines) is 3. The first kappa shape index (κ1) is 62.4. The molecule has 1 N–H and O–H groups in total. The summed E-state index contributed by atoms with van der Waals surface area (Å²) in [4.78, 5) is 53.1. The monoisotopic (exact) mass is 896 g/mol. The predicted molar refractivity (Wildman–Crippen MR) is 237 cm³/mol. The van der Waals surface area contributed by atoms with Crippen LogP contribution in [0.25, 0.3) is 0 Å². The van der Waals surface area contributed by atoms with Crippen LogP contribution in [-0.4, -0.2) is 138 Å². The zero-order chi connectivity index (χ0) is 47.1. The van der Waals surface area contributed by atoms with Gasteiger partial charge in [0.1, 0.15) is 12.2 Å². The van der Waals surface area contributed by atoms with Crippen LogP contribution >= 0.6 is 0 Å². The second-order valence-electron chi connectivity index (χ2n) is 21.2. The minimum Gasteiger partial charge on any atom is -0.850 e. The summed E-state index contributed by atoms with van der Waals surface area (Å²) in [5, 5.41) is 19.9. The Bertz CT molecular complexity index is 1240. The Morgan fingerprint density at radius 3 is 1.08 bits per heavy atom. The topological polar surface area (TPSA) is 158 Å². The molecule has 3 aliphatic rings. The molecule has 0 aromatic carbocycles. The van der Waals surface area contributed by atoms with Crippen LogP contribution in [0.4, 0.5) is 0 Å². The minimum atomic E-state index is -0.750. The quantitative estimate of drug-likeness (QED) is 0.182. The Labute approximate surface area is 414 Å². The summed E-state index contributed by atoms with van der Waals surface area (Å²) in [6, 6.07) is 1.28. The maximum Gasteiger partial charge on any atom is 1.00 e. The summed E-state index contributed by atoms with van der Waals surface area (Å²) in [7, 11) is 9.05. The van der Waals surface area contributed by atoms with Crippen LogP contribution in [0.2, 0.25) is 0 Å². The number of esters is 4. The summed E-state index contributed by atoms with van der Waals surface area (Å²) in [5.41, 5.74) is -0.650. The molecular weight excluding hydrogens is 806 g/mol. The van der Waals surface area contributed by atoms with Crippen molar-refractivity contribution in [1.29, 1.82) is 0 Å². The van der Waals surface area contributed by atoms with E-state index in [0.717, 1.165) is 38.5 Å². The fourth-order valence-electron chi connectivity index (χ4n) is 8.45. The number of ether oxygens (including phenoxy) is 4. The van der Waals surface area contributed by atoms with Gasteiger partial charge in [0.15, 0.2) is 0 Å². The molecule has 0 radical (unpaired) electrons. The van der Waals surface area contributed by atoms with Gasteiger partial charge in [0, 0.05) is 60.4 Å². The van der Waals surface area contributed by atoms with Crippen molar-refractivity contribution >= 4 is 23.9 Å². The van der Waals surface area contributed by atoms with Crippen molar-refractivity contribution in [3.05, 3.63) is 0 Å². The summed E-state index contributed by atoms with van der Waals surface area (Å²) < 4.78 is 20.2. The fourth-order valence-corrected chi connectivity index (χ4v) is 8.45. The standard InChI is InChI=1S/C26H48N2O4.C11H23NO.C6H10O4.C4H9O.K/c1-17(2)21-13-19(15-25(5,6)27(21)9)31-23(29)11-12-24(30)32-20-14-22(18(3)4)28(10)26(7,8)16-20;1-8(2)10-6-9(13)7-11(3,4)12(10)5;1-9-5(7)3-4-6(8)10-2;1-4(2,3)5;/h17-22H,11-16H2,1-10H3;8-10,13H,6-7H2,1-5H3;3-4H2,1-2H3;1-3H3;/q;;;-1;+1. The van der Waals surface area contributed by atoms with Crippen LogP contribution in [0.5, 0.6) is 0 Å². The van der Waals surface area contributed by atoms with Crippen molar-refractivity contribution < 1.29 is 99.7 Å². The summed E-state index contributed by atoms with van der Waals surface area (Å²) in [6.45, 7) is 31.4.